The molecule has 8 nitrogen and oxygen atoms in total. The predicted molar refractivity (Wildman–Crippen MR) is 106 cm³/mol. The van der Waals surface area contributed by atoms with Gasteiger partial charge in [-0.15, -0.1) is 0 Å². The van der Waals surface area contributed by atoms with Gasteiger partial charge in [-0.2, -0.15) is 0 Å². The third kappa shape index (κ3) is 3.57. The molecule has 0 fully saturated rings. The minimum absolute atomic E-state index is 0.121. The summed E-state index contributed by atoms with van der Waals surface area (Å²) in [5.41, 5.74) is 2.80. The van der Waals surface area contributed by atoms with Crippen molar-refractivity contribution in [1.82, 2.24) is 19.9 Å². The second kappa shape index (κ2) is 7.59. The summed E-state index contributed by atoms with van der Waals surface area (Å²) in [4.78, 5) is 32.5. The summed E-state index contributed by atoms with van der Waals surface area (Å²) in [6.45, 7) is 4.86. The first kappa shape index (κ1) is 18.4. The summed E-state index contributed by atoms with van der Waals surface area (Å²) in [6.07, 6.45) is 0. The Hall–Kier alpha value is -2.94. The monoisotopic (exact) mass is 400 g/mol. The highest BCUT2D eigenvalue weighted by Gasteiger charge is 2.15. The summed E-state index contributed by atoms with van der Waals surface area (Å²) in [7, 11) is 0. The van der Waals surface area contributed by atoms with Gasteiger partial charge in [0.25, 0.3) is 5.56 Å². The van der Waals surface area contributed by atoms with Crippen LogP contribution in [-0.4, -0.2) is 33.0 Å². The van der Waals surface area contributed by atoms with E-state index in [0.29, 0.717) is 40.8 Å². The van der Waals surface area contributed by atoms with Crippen LogP contribution in [0.25, 0.3) is 11.0 Å². The van der Waals surface area contributed by atoms with E-state index in [0.717, 1.165) is 11.3 Å². The molecule has 0 bridgehead atoms. The number of rotatable bonds is 6. The molecule has 0 spiro atoms. The highest BCUT2D eigenvalue weighted by atomic mass is 32.2. The quantitative estimate of drug-likeness (QED) is 0.486. The van der Waals surface area contributed by atoms with Crippen molar-refractivity contribution in [3.8, 4) is 11.5 Å². The van der Waals surface area contributed by atoms with E-state index in [1.54, 1.807) is 4.57 Å². The third-order valence-electron chi connectivity index (χ3n) is 4.41. The van der Waals surface area contributed by atoms with Crippen LogP contribution in [0.5, 0.6) is 11.5 Å². The van der Waals surface area contributed by atoms with Crippen LogP contribution in [0.1, 0.15) is 18.2 Å². The van der Waals surface area contributed by atoms with Crippen molar-refractivity contribution in [1.29, 1.82) is 0 Å². The second-order valence-electron chi connectivity index (χ2n) is 6.41. The van der Waals surface area contributed by atoms with Crippen molar-refractivity contribution < 1.29 is 14.3 Å². The fourth-order valence-corrected chi connectivity index (χ4v) is 3.93. The van der Waals surface area contributed by atoms with Gasteiger partial charge in [0.15, 0.2) is 16.7 Å². The largest absolute Gasteiger partial charge is 0.454 e. The molecule has 4 rings (SSSR count). The Bertz CT molecular complexity index is 1110. The number of H-pyrrole nitrogens is 1. The second-order valence-corrected chi connectivity index (χ2v) is 7.35. The number of aromatic amines is 1. The summed E-state index contributed by atoms with van der Waals surface area (Å²) in [6, 6.07) is 7.41. The van der Waals surface area contributed by atoms with Gasteiger partial charge in [0, 0.05) is 18.8 Å². The Morgan fingerprint density at radius 3 is 2.96 bits per heavy atom. The molecule has 1 aliphatic rings. The van der Waals surface area contributed by atoms with E-state index in [-0.39, 0.29) is 24.0 Å². The molecule has 3 heterocycles. The Morgan fingerprint density at radius 2 is 2.14 bits per heavy atom. The van der Waals surface area contributed by atoms with Gasteiger partial charge < -0.3 is 19.8 Å². The first-order valence-corrected chi connectivity index (χ1v) is 9.92. The lowest BCUT2D eigenvalue weighted by Gasteiger charge is -2.10. The highest BCUT2D eigenvalue weighted by Crippen LogP contribution is 2.32. The molecule has 2 aromatic heterocycles. The number of thioether (sulfide) groups is 1. The first-order valence-electron chi connectivity index (χ1n) is 8.93. The van der Waals surface area contributed by atoms with Crippen molar-refractivity contribution in [2.24, 2.45) is 0 Å². The normalized spacial score (nSPS) is 12.5. The molecule has 0 unspecified atom stereocenters. The number of carbonyl (C=O) groups excluding carboxylic acids is 1. The molecule has 146 valence electrons. The van der Waals surface area contributed by atoms with E-state index < -0.39 is 0 Å². The van der Waals surface area contributed by atoms with E-state index in [9.17, 15) is 9.59 Å². The summed E-state index contributed by atoms with van der Waals surface area (Å²) >= 11 is 1.25. The van der Waals surface area contributed by atoms with Crippen LogP contribution in [0, 0.1) is 6.92 Å². The lowest BCUT2D eigenvalue weighted by Crippen LogP contribution is -2.26. The SMILES string of the molecule is CCn1c(SCC(=O)NCc2ccc3c(c2)OCO3)nc2cc(C)[nH]c2c1=O. The van der Waals surface area contributed by atoms with Crippen LogP contribution >= 0.6 is 11.8 Å². The van der Waals surface area contributed by atoms with Gasteiger partial charge in [-0.05, 0) is 37.6 Å². The topological polar surface area (TPSA) is 98.2 Å². The number of hydrogen-bond acceptors (Lipinski definition) is 6. The molecule has 1 aromatic carbocycles. The zero-order valence-electron chi connectivity index (χ0n) is 15.6. The van der Waals surface area contributed by atoms with Gasteiger partial charge in [-0.1, -0.05) is 17.8 Å². The van der Waals surface area contributed by atoms with Gasteiger partial charge >= 0.3 is 0 Å². The molecule has 2 N–H and O–H groups in total. The number of amides is 1. The molecule has 0 aliphatic carbocycles. The highest BCUT2D eigenvalue weighted by molar-refractivity contribution is 7.99. The van der Waals surface area contributed by atoms with Gasteiger partial charge in [-0.3, -0.25) is 14.2 Å². The smallest absolute Gasteiger partial charge is 0.278 e. The number of fused-ring (bicyclic) bond motifs is 2. The van der Waals surface area contributed by atoms with Gasteiger partial charge in [0.05, 0.1) is 11.3 Å². The molecule has 1 amide bonds. The number of benzene rings is 1. The van der Waals surface area contributed by atoms with Crippen LogP contribution in [0.4, 0.5) is 0 Å². The van der Waals surface area contributed by atoms with E-state index in [2.05, 4.69) is 15.3 Å². The van der Waals surface area contributed by atoms with Crippen molar-refractivity contribution >= 4 is 28.7 Å². The average molecular weight is 400 g/mol. The number of nitrogens with zero attached hydrogens (tertiary/aromatic N) is 2. The Balaban J connectivity index is 1.41. The average Bonchev–Trinajstić information content (AvgIpc) is 3.30. The molecule has 0 atom stereocenters. The molecule has 28 heavy (non-hydrogen) atoms. The maximum absolute atomic E-state index is 12.6. The zero-order valence-corrected chi connectivity index (χ0v) is 16.4. The molecule has 0 radical (unpaired) electrons. The molecular weight excluding hydrogens is 380 g/mol. The lowest BCUT2D eigenvalue weighted by molar-refractivity contribution is -0.118. The molecule has 0 saturated carbocycles. The van der Waals surface area contributed by atoms with E-state index >= 15 is 0 Å². The number of nitrogens with one attached hydrogen (secondary N) is 2. The van der Waals surface area contributed by atoms with Crippen molar-refractivity contribution in [3.05, 3.63) is 45.9 Å². The fraction of sp³-hybridized carbons (Fsp3) is 0.316. The van der Waals surface area contributed by atoms with E-state index in [4.69, 9.17) is 9.47 Å². The summed E-state index contributed by atoms with van der Waals surface area (Å²) < 4.78 is 12.2. The fourth-order valence-electron chi connectivity index (χ4n) is 3.03. The van der Waals surface area contributed by atoms with Crippen LogP contribution in [-0.2, 0) is 17.9 Å². The summed E-state index contributed by atoms with van der Waals surface area (Å²) in [5, 5.41) is 3.42. The first-order chi connectivity index (χ1) is 13.5. The van der Waals surface area contributed by atoms with Crippen LogP contribution in [0.3, 0.4) is 0 Å². The van der Waals surface area contributed by atoms with Crippen LogP contribution < -0.4 is 20.3 Å². The number of carbonyl (C=O) groups is 1. The Labute approximate surface area is 165 Å². The van der Waals surface area contributed by atoms with Gasteiger partial charge in [-0.25, -0.2) is 4.98 Å². The maximum Gasteiger partial charge on any atom is 0.278 e. The Morgan fingerprint density at radius 1 is 1.32 bits per heavy atom. The van der Waals surface area contributed by atoms with Crippen molar-refractivity contribution in [3.63, 3.8) is 0 Å². The lowest BCUT2D eigenvalue weighted by atomic mass is 10.2. The number of aryl methyl sites for hydroxylation is 1. The number of ether oxygens (including phenoxy) is 2. The van der Waals surface area contributed by atoms with E-state index in [1.807, 2.05) is 38.1 Å². The molecule has 3 aromatic rings. The minimum Gasteiger partial charge on any atom is -0.454 e. The zero-order chi connectivity index (χ0) is 19.7. The van der Waals surface area contributed by atoms with Crippen molar-refractivity contribution in [2.45, 2.75) is 32.1 Å². The predicted octanol–water partition coefficient (Wildman–Crippen LogP) is 2.19. The number of hydrogen-bond donors (Lipinski definition) is 2. The van der Waals surface area contributed by atoms with Crippen molar-refractivity contribution in [2.75, 3.05) is 12.5 Å². The third-order valence-corrected chi connectivity index (χ3v) is 5.39. The summed E-state index contributed by atoms with van der Waals surface area (Å²) in [5.74, 6) is 1.44. The maximum atomic E-state index is 12.6. The van der Waals surface area contributed by atoms with Crippen LogP contribution in [0.2, 0.25) is 0 Å². The molecule has 0 saturated heterocycles. The van der Waals surface area contributed by atoms with Gasteiger partial charge in [0.2, 0.25) is 12.7 Å². The Kier molecular flexibility index (Phi) is 4.99. The minimum atomic E-state index is -0.134. The van der Waals surface area contributed by atoms with E-state index in [1.165, 1.54) is 11.8 Å². The number of aromatic nitrogens is 3. The van der Waals surface area contributed by atoms with Gasteiger partial charge in [0.1, 0.15) is 5.52 Å². The molecule has 1 aliphatic heterocycles. The molecular formula is C19H20N4O4S. The van der Waals surface area contributed by atoms with Crippen LogP contribution in [0.15, 0.2) is 34.2 Å². The standard InChI is InChI=1S/C19H20N4O4S/c1-3-23-18(25)17-13(6-11(2)21-17)22-19(23)28-9-16(24)20-8-12-4-5-14-15(7-12)27-10-26-14/h4-7,21H,3,8-10H2,1-2H3,(H,20,24). The molecule has 9 heteroatoms.